The van der Waals surface area contributed by atoms with Gasteiger partial charge in [0, 0.05) is 11.1 Å². The Morgan fingerprint density at radius 3 is 2.47 bits per heavy atom. The highest BCUT2D eigenvalue weighted by atomic mass is 35.5. The van der Waals surface area contributed by atoms with Gasteiger partial charge in [-0.25, -0.2) is 8.93 Å². The molecule has 0 aromatic heterocycles. The van der Waals surface area contributed by atoms with Crippen molar-refractivity contribution in [1.82, 2.24) is 4.72 Å². The van der Waals surface area contributed by atoms with Crippen LogP contribution in [-0.2, 0) is 11.0 Å². The Kier molecular flexibility index (Phi) is 4.76. The van der Waals surface area contributed by atoms with E-state index < -0.39 is 11.0 Å². The second kappa shape index (κ2) is 5.51. The van der Waals surface area contributed by atoms with E-state index in [0.29, 0.717) is 0 Å². The zero-order chi connectivity index (χ0) is 13.2. The van der Waals surface area contributed by atoms with E-state index in [1.165, 1.54) is 0 Å². The number of hydrogen-bond donors (Lipinski definition) is 1. The van der Waals surface area contributed by atoms with E-state index in [1.807, 2.05) is 52.8 Å². The van der Waals surface area contributed by atoms with Crippen LogP contribution in [-0.4, -0.2) is 8.96 Å². The number of nitrogens with one attached hydrogen (secondary N) is 1. The molecule has 0 amide bonds. The van der Waals surface area contributed by atoms with Crippen LogP contribution >= 0.6 is 11.6 Å². The largest absolute Gasteiger partial charge is 0.242 e. The van der Waals surface area contributed by atoms with Gasteiger partial charge in [-0.3, -0.25) is 0 Å². The summed E-state index contributed by atoms with van der Waals surface area (Å²) in [6.45, 7) is 9.84. The quantitative estimate of drug-likeness (QED) is 0.893. The summed E-state index contributed by atoms with van der Waals surface area (Å²) in [4.78, 5) is 0. The zero-order valence-corrected chi connectivity index (χ0v) is 12.6. The Labute approximate surface area is 111 Å². The molecule has 1 aromatic carbocycles. The molecule has 0 fully saturated rings. The van der Waals surface area contributed by atoms with E-state index in [1.54, 1.807) is 0 Å². The first-order valence-corrected chi connectivity index (χ1v) is 7.19. The van der Waals surface area contributed by atoms with Gasteiger partial charge in [-0.1, -0.05) is 23.7 Å². The summed E-state index contributed by atoms with van der Waals surface area (Å²) in [5.74, 6) is 0. The van der Waals surface area contributed by atoms with Gasteiger partial charge in [-0.15, -0.1) is 0 Å². The van der Waals surface area contributed by atoms with Gasteiger partial charge in [-0.05, 0) is 51.8 Å². The summed E-state index contributed by atoms with van der Waals surface area (Å²) in [6, 6.07) is 5.82. The number of hydrogen-bond acceptors (Lipinski definition) is 1. The van der Waals surface area contributed by atoms with Crippen LogP contribution < -0.4 is 4.72 Å². The molecule has 0 unspecified atom stereocenters. The minimum atomic E-state index is -1.08. The normalized spacial score (nSPS) is 15.6. The highest BCUT2D eigenvalue weighted by Crippen LogP contribution is 2.25. The molecule has 2 nitrogen and oxygen atoms in total. The maximum absolute atomic E-state index is 12.0. The SMILES string of the molecule is Cc1c(Cl)cccc1[C@@H](C)N[S@](=O)C(C)(C)C. The van der Waals surface area contributed by atoms with Crippen molar-refractivity contribution in [2.75, 3.05) is 0 Å². The molecule has 0 heterocycles. The van der Waals surface area contributed by atoms with Gasteiger partial charge in [-0.2, -0.15) is 0 Å². The summed E-state index contributed by atoms with van der Waals surface area (Å²) in [5.41, 5.74) is 2.13. The lowest BCUT2D eigenvalue weighted by molar-refractivity contribution is 0.615. The van der Waals surface area contributed by atoms with Gasteiger partial charge >= 0.3 is 0 Å². The summed E-state index contributed by atoms with van der Waals surface area (Å²) < 4.78 is 14.9. The van der Waals surface area contributed by atoms with Crippen LogP contribution in [0.5, 0.6) is 0 Å². The third kappa shape index (κ3) is 3.80. The number of halogens is 1. The second-order valence-electron chi connectivity index (χ2n) is 5.17. The predicted octanol–water partition coefficient (Wildman–Crippen LogP) is 3.76. The molecule has 0 saturated heterocycles. The lowest BCUT2D eigenvalue weighted by Gasteiger charge is -2.23. The maximum Gasteiger partial charge on any atom is 0.0975 e. The topological polar surface area (TPSA) is 29.1 Å². The molecular weight excluding hydrogens is 254 g/mol. The van der Waals surface area contributed by atoms with Crippen LogP contribution in [0, 0.1) is 6.92 Å². The van der Waals surface area contributed by atoms with Gasteiger partial charge < -0.3 is 0 Å². The Bertz CT molecular complexity index is 426. The van der Waals surface area contributed by atoms with Crippen molar-refractivity contribution in [3.05, 3.63) is 34.3 Å². The van der Waals surface area contributed by atoms with E-state index in [2.05, 4.69) is 4.72 Å². The summed E-state index contributed by atoms with van der Waals surface area (Å²) >= 11 is 6.08. The molecule has 0 aliphatic heterocycles. The lowest BCUT2D eigenvalue weighted by atomic mass is 10.0. The molecule has 1 N–H and O–H groups in total. The molecular formula is C13H20ClNOS. The van der Waals surface area contributed by atoms with E-state index in [9.17, 15) is 4.21 Å². The van der Waals surface area contributed by atoms with Crippen molar-refractivity contribution in [1.29, 1.82) is 0 Å². The maximum atomic E-state index is 12.0. The van der Waals surface area contributed by atoms with Crippen LogP contribution in [0.15, 0.2) is 18.2 Å². The van der Waals surface area contributed by atoms with E-state index in [0.717, 1.165) is 16.1 Å². The average Bonchev–Trinajstić information content (AvgIpc) is 2.20. The van der Waals surface area contributed by atoms with Crippen molar-refractivity contribution in [3.8, 4) is 0 Å². The van der Waals surface area contributed by atoms with Crippen LogP contribution in [0.3, 0.4) is 0 Å². The van der Waals surface area contributed by atoms with E-state index in [4.69, 9.17) is 11.6 Å². The third-order valence-electron chi connectivity index (χ3n) is 2.62. The van der Waals surface area contributed by atoms with E-state index >= 15 is 0 Å². The summed E-state index contributed by atoms with van der Waals surface area (Å²) in [6.07, 6.45) is 0. The van der Waals surface area contributed by atoms with Crippen LogP contribution in [0.4, 0.5) is 0 Å². The molecule has 1 rings (SSSR count). The predicted molar refractivity (Wildman–Crippen MR) is 75.6 cm³/mol. The van der Waals surface area contributed by atoms with Crippen LogP contribution in [0.2, 0.25) is 5.02 Å². The van der Waals surface area contributed by atoms with Crippen molar-refractivity contribution >= 4 is 22.6 Å². The standard InChI is InChI=1S/C13H20ClNOS/c1-9-11(7-6-8-12(9)14)10(2)15-17(16)13(3,4)5/h6-8,10,15H,1-5H3/t10-,17-/m1/s1. The first-order valence-electron chi connectivity index (χ1n) is 5.66. The second-order valence-corrected chi connectivity index (χ2v) is 7.58. The highest BCUT2D eigenvalue weighted by Gasteiger charge is 2.22. The fourth-order valence-corrected chi connectivity index (χ4v) is 2.48. The minimum absolute atomic E-state index is 0.0220. The molecule has 0 aliphatic rings. The monoisotopic (exact) mass is 273 g/mol. The van der Waals surface area contributed by atoms with Crippen molar-refractivity contribution in [3.63, 3.8) is 0 Å². The van der Waals surface area contributed by atoms with Gasteiger partial charge in [0.15, 0.2) is 0 Å². The van der Waals surface area contributed by atoms with Gasteiger partial charge in [0.2, 0.25) is 0 Å². The molecule has 4 heteroatoms. The van der Waals surface area contributed by atoms with E-state index in [-0.39, 0.29) is 10.8 Å². The minimum Gasteiger partial charge on any atom is -0.242 e. The fraction of sp³-hybridized carbons (Fsp3) is 0.538. The average molecular weight is 274 g/mol. The van der Waals surface area contributed by atoms with Crippen molar-refractivity contribution in [2.45, 2.75) is 45.4 Å². The summed E-state index contributed by atoms with van der Waals surface area (Å²) in [5, 5.41) is 0.748. The molecule has 96 valence electrons. The smallest absolute Gasteiger partial charge is 0.0975 e. The summed E-state index contributed by atoms with van der Waals surface area (Å²) in [7, 11) is -1.08. The lowest BCUT2D eigenvalue weighted by Crippen LogP contribution is -2.35. The third-order valence-corrected chi connectivity index (χ3v) is 4.71. The van der Waals surface area contributed by atoms with Gasteiger partial charge in [0.25, 0.3) is 0 Å². The number of rotatable bonds is 3. The molecule has 1 aromatic rings. The van der Waals surface area contributed by atoms with Crippen LogP contribution in [0.25, 0.3) is 0 Å². The molecule has 0 aliphatic carbocycles. The molecule has 2 atom stereocenters. The molecule has 17 heavy (non-hydrogen) atoms. The van der Waals surface area contributed by atoms with Crippen LogP contribution in [0.1, 0.15) is 44.9 Å². The Morgan fingerprint density at radius 1 is 1.35 bits per heavy atom. The molecule has 0 bridgehead atoms. The first-order chi connectivity index (χ1) is 7.73. The molecule has 0 spiro atoms. The van der Waals surface area contributed by atoms with Crippen molar-refractivity contribution in [2.24, 2.45) is 0 Å². The Hall–Kier alpha value is -0.380. The molecule has 0 radical (unpaired) electrons. The molecule has 0 saturated carbocycles. The zero-order valence-electron chi connectivity index (χ0n) is 11.0. The van der Waals surface area contributed by atoms with Crippen molar-refractivity contribution < 1.29 is 4.21 Å². The Balaban J connectivity index is 2.88. The fourth-order valence-electron chi connectivity index (χ4n) is 1.49. The first kappa shape index (κ1) is 14.7. The highest BCUT2D eigenvalue weighted by molar-refractivity contribution is 7.84. The Morgan fingerprint density at radius 2 is 1.94 bits per heavy atom. The van der Waals surface area contributed by atoms with Gasteiger partial charge in [0.1, 0.15) is 0 Å². The van der Waals surface area contributed by atoms with Gasteiger partial charge in [0.05, 0.1) is 15.7 Å². The number of benzene rings is 1.